The van der Waals surface area contributed by atoms with E-state index in [-0.39, 0.29) is 17.6 Å². The summed E-state index contributed by atoms with van der Waals surface area (Å²) in [5, 5.41) is 18.3. The number of carbonyl (C=O) groups is 1. The zero-order chi connectivity index (χ0) is 10.3. The molecule has 0 unspecified atom stereocenters. The van der Waals surface area contributed by atoms with E-state index >= 15 is 0 Å². The fourth-order valence-corrected chi connectivity index (χ4v) is 2.33. The number of rotatable bonds is 2. The maximum atomic E-state index is 10.7. The second-order valence-corrected chi connectivity index (χ2v) is 4.31. The predicted molar refractivity (Wildman–Crippen MR) is 54.3 cm³/mol. The molecule has 0 radical (unpaired) electrons. The minimum atomic E-state index is -0.787. The molecule has 1 fully saturated rings. The first-order valence-corrected chi connectivity index (χ1v) is 5.10. The van der Waals surface area contributed by atoms with Gasteiger partial charge < -0.3 is 10.2 Å². The van der Waals surface area contributed by atoms with Gasteiger partial charge in [-0.05, 0) is 18.6 Å². The standard InChI is InChI=1S/C10H9BrO3/c11-7-2-1-3-8(12)9(7)5-4-6(5)10(13)14/h1-3,5-6,12H,4H2,(H,13,14)/t5-,6-/m1/s1. The lowest BCUT2D eigenvalue weighted by atomic mass is 10.1. The maximum absolute atomic E-state index is 10.7. The Morgan fingerprint density at radius 3 is 2.71 bits per heavy atom. The van der Waals surface area contributed by atoms with Gasteiger partial charge in [-0.2, -0.15) is 0 Å². The highest BCUT2D eigenvalue weighted by molar-refractivity contribution is 9.10. The van der Waals surface area contributed by atoms with Crippen molar-refractivity contribution in [3.05, 3.63) is 28.2 Å². The lowest BCUT2D eigenvalue weighted by Crippen LogP contribution is -1.99. The minimum Gasteiger partial charge on any atom is -0.508 e. The van der Waals surface area contributed by atoms with Gasteiger partial charge in [-0.3, -0.25) is 4.79 Å². The van der Waals surface area contributed by atoms with Gasteiger partial charge in [-0.25, -0.2) is 0 Å². The zero-order valence-corrected chi connectivity index (χ0v) is 8.86. The molecule has 0 aromatic heterocycles. The fraction of sp³-hybridized carbons (Fsp3) is 0.300. The summed E-state index contributed by atoms with van der Waals surface area (Å²) >= 11 is 3.31. The Morgan fingerprint density at radius 2 is 2.21 bits per heavy atom. The summed E-state index contributed by atoms with van der Waals surface area (Å²) in [6.45, 7) is 0. The Hall–Kier alpha value is -1.03. The molecule has 0 spiro atoms. The van der Waals surface area contributed by atoms with Gasteiger partial charge in [0, 0.05) is 16.0 Å². The first-order chi connectivity index (χ1) is 6.61. The molecular weight excluding hydrogens is 248 g/mol. The molecule has 1 aliphatic rings. The third-order valence-electron chi connectivity index (χ3n) is 2.51. The van der Waals surface area contributed by atoms with Gasteiger partial charge in [-0.15, -0.1) is 0 Å². The molecule has 0 heterocycles. The first kappa shape index (κ1) is 9.52. The van der Waals surface area contributed by atoms with E-state index in [4.69, 9.17) is 5.11 Å². The van der Waals surface area contributed by atoms with Crippen LogP contribution in [0.5, 0.6) is 5.75 Å². The van der Waals surface area contributed by atoms with Crippen LogP contribution in [-0.2, 0) is 4.79 Å². The average Bonchev–Trinajstić information content (AvgIpc) is 2.83. The quantitative estimate of drug-likeness (QED) is 0.854. The molecule has 0 bridgehead atoms. The molecule has 74 valence electrons. The highest BCUT2D eigenvalue weighted by atomic mass is 79.9. The Labute approximate surface area is 89.5 Å². The highest BCUT2D eigenvalue weighted by Gasteiger charge is 2.46. The number of hydrogen-bond acceptors (Lipinski definition) is 2. The van der Waals surface area contributed by atoms with Crippen molar-refractivity contribution in [1.82, 2.24) is 0 Å². The van der Waals surface area contributed by atoms with E-state index in [0.717, 1.165) is 10.0 Å². The van der Waals surface area contributed by atoms with Crippen molar-refractivity contribution >= 4 is 21.9 Å². The smallest absolute Gasteiger partial charge is 0.307 e. The molecule has 0 amide bonds. The number of benzene rings is 1. The maximum Gasteiger partial charge on any atom is 0.307 e. The number of carboxylic acid groups (broad SMARTS) is 1. The lowest BCUT2D eigenvalue weighted by molar-refractivity contribution is -0.138. The number of phenolic OH excluding ortho intramolecular Hbond substituents is 1. The Balaban J connectivity index is 2.31. The van der Waals surface area contributed by atoms with Gasteiger partial charge in [0.05, 0.1) is 5.92 Å². The van der Waals surface area contributed by atoms with Crippen LogP contribution in [0.3, 0.4) is 0 Å². The van der Waals surface area contributed by atoms with Gasteiger partial charge in [-0.1, -0.05) is 22.0 Å². The molecule has 1 aliphatic carbocycles. The molecular formula is C10H9BrO3. The number of aliphatic carboxylic acids is 1. The van der Waals surface area contributed by atoms with E-state index in [1.54, 1.807) is 12.1 Å². The van der Waals surface area contributed by atoms with E-state index in [9.17, 15) is 9.90 Å². The van der Waals surface area contributed by atoms with Crippen molar-refractivity contribution in [3.8, 4) is 5.75 Å². The van der Waals surface area contributed by atoms with Crippen molar-refractivity contribution in [3.63, 3.8) is 0 Å². The van der Waals surface area contributed by atoms with E-state index < -0.39 is 5.97 Å². The van der Waals surface area contributed by atoms with Gasteiger partial charge in [0.2, 0.25) is 0 Å². The molecule has 1 aromatic rings. The number of phenols is 1. The van der Waals surface area contributed by atoms with Crippen molar-refractivity contribution in [1.29, 1.82) is 0 Å². The van der Waals surface area contributed by atoms with Crippen molar-refractivity contribution in [2.24, 2.45) is 5.92 Å². The van der Waals surface area contributed by atoms with Gasteiger partial charge >= 0.3 is 5.97 Å². The van der Waals surface area contributed by atoms with Crippen molar-refractivity contribution in [2.75, 3.05) is 0 Å². The van der Waals surface area contributed by atoms with E-state index in [1.807, 2.05) is 6.07 Å². The van der Waals surface area contributed by atoms with E-state index in [0.29, 0.717) is 6.42 Å². The third-order valence-corrected chi connectivity index (χ3v) is 3.20. The summed E-state index contributed by atoms with van der Waals surface area (Å²) in [5.74, 6) is -0.985. The van der Waals surface area contributed by atoms with Crippen LogP contribution in [0.15, 0.2) is 22.7 Å². The molecule has 14 heavy (non-hydrogen) atoms. The van der Waals surface area contributed by atoms with Crippen LogP contribution < -0.4 is 0 Å². The molecule has 2 N–H and O–H groups in total. The Morgan fingerprint density at radius 1 is 1.50 bits per heavy atom. The van der Waals surface area contributed by atoms with Crippen LogP contribution in [0.1, 0.15) is 17.9 Å². The Kier molecular flexibility index (Phi) is 2.23. The number of hydrogen-bond donors (Lipinski definition) is 2. The third kappa shape index (κ3) is 1.50. The van der Waals surface area contributed by atoms with Crippen LogP contribution in [0, 0.1) is 5.92 Å². The SMILES string of the molecule is O=C(O)[C@@H]1C[C@H]1c1c(O)cccc1Br. The van der Waals surface area contributed by atoms with Crippen LogP contribution in [-0.4, -0.2) is 16.2 Å². The van der Waals surface area contributed by atoms with Crippen LogP contribution in [0.25, 0.3) is 0 Å². The van der Waals surface area contributed by atoms with Crippen LogP contribution in [0.4, 0.5) is 0 Å². The number of halogens is 1. The lowest BCUT2D eigenvalue weighted by Gasteiger charge is -2.04. The number of carboxylic acids is 1. The predicted octanol–water partition coefficient (Wildman–Crippen LogP) is 2.34. The van der Waals surface area contributed by atoms with E-state index in [1.165, 1.54) is 0 Å². The van der Waals surface area contributed by atoms with Gasteiger partial charge in [0.15, 0.2) is 0 Å². The molecule has 1 aromatic carbocycles. The zero-order valence-electron chi connectivity index (χ0n) is 7.27. The molecule has 3 nitrogen and oxygen atoms in total. The molecule has 2 atom stereocenters. The second kappa shape index (κ2) is 3.28. The summed E-state index contributed by atoms with van der Waals surface area (Å²) < 4.78 is 0.784. The summed E-state index contributed by atoms with van der Waals surface area (Å²) in [6.07, 6.45) is 0.617. The van der Waals surface area contributed by atoms with Crippen molar-refractivity contribution in [2.45, 2.75) is 12.3 Å². The average molecular weight is 257 g/mol. The fourth-order valence-electron chi connectivity index (χ4n) is 1.68. The van der Waals surface area contributed by atoms with Crippen LogP contribution in [0.2, 0.25) is 0 Å². The normalized spacial score (nSPS) is 24.6. The monoisotopic (exact) mass is 256 g/mol. The van der Waals surface area contributed by atoms with Crippen LogP contribution >= 0.6 is 15.9 Å². The molecule has 0 aliphatic heterocycles. The second-order valence-electron chi connectivity index (χ2n) is 3.46. The summed E-state index contributed by atoms with van der Waals surface area (Å²) in [5.41, 5.74) is 0.722. The topological polar surface area (TPSA) is 57.5 Å². The summed E-state index contributed by atoms with van der Waals surface area (Å²) in [7, 11) is 0. The van der Waals surface area contributed by atoms with Crippen molar-refractivity contribution < 1.29 is 15.0 Å². The largest absolute Gasteiger partial charge is 0.508 e. The highest BCUT2D eigenvalue weighted by Crippen LogP contribution is 2.52. The van der Waals surface area contributed by atoms with Gasteiger partial charge in [0.25, 0.3) is 0 Å². The Bertz CT molecular complexity index is 369. The van der Waals surface area contributed by atoms with Gasteiger partial charge in [0.1, 0.15) is 5.75 Å². The molecule has 0 saturated heterocycles. The molecule has 1 saturated carbocycles. The van der Waals surface area contributed by atoms with E-state index in [2.05, 4.69) is 15.9 Å². The summed E-state index contributed by atoms with van der Waals surface area (Å²) in [6, 6.07) is 5.12. The molecule has 2 rings (SSSR count). The number of aromatic hydroxyl groups is 1. The summed E-state index contributed by atoms with van der Waals surface area (Å²) in [4.78, 5) is 10.7. The molecule has 4 heteroatoms. The first-order valence-electron chi connectivity index (χ1n) is 4.31. The minimum absolute atomic E-state index is 0.0388.